The number of hydrogen-bond acceptors (Lipinski definition) is 5. The van der Waals surface area contributed by atoms with E-state index in [1.807, 2.05) is 6.92 Å². The molecule has 1 heterocycles. The van der Waals surface area contributed by atoms with Gasteiger partial charge in [0.25, 0.3) is 0 Å². The van der Waals surface area contributed by atoms with Crippen molar-refractivity contribution in [2.75, 3.05) is 19.8 Å². The summed E-state index contributed by atoms with van der Waals surface area (Å²) in [6, 6.07) is 0. The number of allylic oxidation sites excluding steroid dienone is 2. The van der Waals surface area contributed by atoms with E-state index in [1.54, 1.807) is 0 Å². The van der Waals surface area contributed by atoms with Crippen molar-refractivity contribution in [3.8, 4) is 0 Å². The Bertz CT molecular complexity index is 282. The molecule has 0 aromatic carbocycles. The van der Waals surface area contributed by atoms with Gasteiger partial charge in [-0.15, -0.1) is 0 Å². The Hall–Kier alpha value is -0.460. The minimum atomic E-state index is -1.03. The summed E-state index contributed by atoms with van der Waals surface area (Å²) in [5.74, 6) is 0. The first-order valence-electron chi connectivity index (χ1n) is 8.01. The van der Waals surface area contributed by atoms with Crippen molar-refractivity contribution in [1.29, 1.82) is 0 Å². The van der Waals surface area contributed by atoms with Gasteiger partial charge >= 0.3 is 0 Å². The van der Waals surface area contributed by atoms with Gasteiger partial charge in [-0.2, -0.15) is 0 Å². The van der Waals surface area contributed by atoms with Gasteiger partial charge in [-0.1, -0.05) is 31.4 Å². The van der Waals surface area contributed by atoms with Crippen molar-refractivity contribution >= 4 is 0 Å². The Labute approximate surface area is 127 Å². The molecule has 1 rings (SSSR count). The molecular formula is C16H30O5. The van der Waals surface area contributed by atoms with Gasteiger partial charge in [0, 0.05) is 6.61 Å². The summed E-state index contributed by atoms with van der Waals surface area (Å²) in [5.41, 5.74) is 0. The zero-order valence-corrected chi connectivity index (χ0v) is 13.0. The lowest BCUT2D eigenvalue weighted by Gasteiger charge is -2.20. The Morgan fingerprint density at radius 2 is 1.90 bits per heavy atom. The normalized spacial score (nSPS) is 27.5. The Morgan fingerprint density at radius 1 is 1.19 bits per heavy atom. The van der Waals surface area contributed by atoms with Crippen molar-refractivity contribution in [3.63, 3.8) is 0 Å². The molecule has 0 aromatic rings. The van der Waals surface area contributed by atoms with Crippen LogP contribution < -0.4 is 0 Å². The highest BCUT2D eigenvalue weighted by Gasteiger charge is 2.39. The molecule has 1 aliphatic heterocycles. The van der Waals surface area contributed by atoms with Gasteiger partial charge in [0.1, 0.15) is 24.4 Å². The lowest BCUT2D eigenvalue weighted by Crippen LogP contribution is -2.40. The number of hydrogen-bond donors (Lipinski definition) is 3. The van der Waals surface area contributed by atoms with E-state index in [-0.39, 0.29) is 13.2 Å². The zero-order valence-electron chi connectivity index (χ0n) is 13.0. The molecule has 0 amide bonds. The van der Waals surface area contributed by atoms with E-state index in [4.69, 9.17) is 9.47 Å². The summed E-state index contributed by atoms with van der Waals surface area (Å²) in [6.07, 6.45) is 7.67. The maximum absolute atomic E-state index is 9.83. The Kier molecular flexibility index (Phi) is 9.87. The van der Waals surface area contributed by atoms with E-state index in [1.165, 1.54) is 19.3 Å². The van der Waals surface area contributed by atoms with Crippen LogP contribution in [0.1, 0.15) is 45.4 Å². The van der Waals surface area contributed by atoms with Crippen LogP contribution in [0.5, 0.6) is 0 Å². The standard InChI is InChI=1S/C16H30O5/c1-2-3-4-5-6-7-8-9-10-20-11-14(18)16-15(19)13(17)12-21-16/h2-3,13-19H,4-12H2,1H3/b3-2+/t13-,14+,15-,16-/m0/s1. The van der Waals surface area contributed by atoms with Gasteiger partial charge in [0.05, 0.1) is 13.2 Å². The van der Waals surface area contributed by atoms with Crippen LogP contribution in [0.15, 0.2) is 12.2 Å². The van der Waals surface area contributed by atoms with E-state index in [9.17, 15) is 15.3 Å². The summed E-state index contributed by atoms with van der Waals surface area (Å²) >= 11 is 0. The second-order valence-electron chi connectivity index (χ2n) is 5.62. The molecule has 0 bridgehead atoms. The summed E-state index contributed by atoms with van der Waals surface area (Å²) in [6.45, 7) is 2.85. The maximum atomic E-state index is 9.83. The Morgan fingerprint density at radius 3 is 2.57 bits per heavy atom. The third-order valence-electron chi connectivity index (χ3n) is 3.75. The third-order valence-corrected chi connectivity index (χ3v) is 3.75. The van der Waals surface area contributed by atoms with Crippen molar-refractivity contribution in [2.24, 2.45) is 0 Å². The van der Waals surface area contributed by atoms with E-state index >= 15 is 0 Å². The molecule has 0 radical (unpaired) electrons. The van der Waals surface area contributed by atoms with Crippen LogP contribution in [-0.4, -0.2) is 59.6 Å². The molecule has 5 heteroatoms. The highest BCUT2D eigenvalue weighted by molar-refractivity contribution is 4.87. The van der Waals surface area contributed by atoms with Crippen LogP contribution in [0.25, 0.3) is 0 Å². The average Bonchev–Trinajstić information content (AvgIpc) is 2.81. The molecular weight excluding hydrogens is 272 g/mol. The molecule has 1 aliphatic rings. The quantitative estimate of drug-likeness (QED) is 0.397. The van der Waals surface area contributed by atoms with Crippen LogP contribution in [-0.2, 0) is 9.47 Å². The lowest BCUT2D eigenvalue weighted by molar-refractivity contribution is -0.0813. The van der Waals surface area contributed by atoms with Gasteiger partial charge in [-0.25, -0.2) is 0 Å². The number of rotatable bonds is 11. The van der Waals surface area contributed by atoms with Crippen LogP contribution in [0.4, 0.5) is 0 Å². The van der Waals surface area contributed by atoms with Crippen molar-refractivity contribution < 1.29 is 24.8 Å². The number of aliphatic hydroxyl groups is 3. The molecule has 4 atom stereocenters. The molecule has 124 valence electrons. The molecule has 0 spiro atoms. The van der Waals surface area contributed by atoms with Gasteiger partial charge in [0.2, 0.25) is 0 Å². The second kappa shape index (κ2) is 11.2. The summed E-state index contributed by atoms with van der Waals surface area (Å²) in [5, 5.41) is 28.8. The molecule has 3 N–H and O–H groups in total. The molecule has 21 heavy (non-hydrogen) atoms. The minimum absolute atomic E-state index is 0.0656. The fraction of sp³-hybridized carbons (Fsp3) is 0.875. The fourth-order valence-corrected chi connectivity index (χ4v) is 2.43. The monoisotopic (exact) mass is 302 g/mol. The van der Waals surface area contributed by atoms with E-state index in [0.717, 1.165) is 19.3 Å². The second-order valence-corrected chi connectivity index (χ2v) is 5.62. The first kappa shape index (κ1) is 18.6. The highest BCUT2D eigenvalue weighted by atomic mass is 16.5. The van der Waals surface area contributed by atoms with Crippen LogP contribution in [0.2, 0.25) is 0 Å². The number of aliphatic hydroxyl groups excluding tert-OH is 3. The van der Waals surface area contributed by atoms with Crippen LogP contribution in [0, 0.1) is 0 Å². The largest absolute Gasteiger partial charge is 0.388 e. The third kappa shape index (κ3) is 7.38. The lowest BCUT2D eigenvalue weighted by atomic mass is 10.1. The topological polar surface area (TPSA) is 79.2 Å². The maximum Gasteiger partial charge on any atom is 0.114 e. The molecule has 0 saturated carbocycles. The smallest absolute Gasteiger partial charge is 0.114 e. The van der Waals surface area contributed by atoms with Gasteiger partial charge in [-0.05, 0) is 26.2 Å². The molecule has 1 saturated heterocycles. The van der Waals surface area contributed by atoms with E-state index < -0.39 is 24.4 Å². The average molecular weight is 302 g/mol. The van der Waals surface area contributed by atoms with E-state index in [0.29, 0.717) is 6.61 Å². The minimum Gasteiger partial charge on any atom is -0.388 e. The Balaban J connectivity index is 1.92. The van der Waals surface area contributed by atoms with Gasteiger partial charge < -0.3 is 24.8 Å². The fourth-order valence-electron chi connectivity index (χ4n) is 2.43. The highest BCUT2D eigenvalue weighted by Crippen LogP contribution is 2.17. The first-order valence-corrected chi connectivity index (χ1v) is 8.01. The molecule has 0 unspecified atom stereocenters. The zero-order chi connectivity index (χ0) is 15.5. The predicted molar refractivity (Wildman–Crippen MR) is 81.1 cm³/mol. The molecule has 1 fully saturated rings. The van der Waals surface area contributed by atoms with Crippen molar-refractivity contribution in [2.45, 2.75) is 69.9 Å². The van der Waals surface area contributed by atoms with Crippen LogP contribution in [0.3, 0.4) is 0 Å². The summed E-state index contributed by atoms with van der Waals surface area (Å²) < 4.78 is 10.5. The van der Waals surface area contributed by atoms with Crippen molar-refractivity contribution in [3.05, 3.63) is 12.2 Å². The van der Waals surface area contributed by atoms with Crippen LogP contribution >= 0.6 is 0 Å². The molecule has 0 aromatic heterocycles. The van der Waals surface area contributed by atoms with Gasteiger partial charge in [0.15, 0.2) is 0 Å². The first-order chi connectivity index (χ1) is 10.2. The molecule has 5 nitrogen and oxygen atoms in total. The van der Waals surface area contributed by atoms with E-state index in [2.05, 4.69) is 12.2 Å². The summed E-state index contributed by atoms with van der Waals surface area (Å²) in [7, 11) is 0. The molecule has 0 aliphatic carbocycles. The number of unbranched alkanes of at least 4 members (excludes halogenated alkanes) is 5. The number of ether oxygens (including phenoxy) is 2. The summed E-state index contributed by atoms with van der Waals surface area (Å²) in [4.78, 5) is 0. The van der Waals surface area contributed by atoms with Gasteiger partial charge in [-0.3, -0.25) is 0 Å². The van der Waals surface area contributed by atoms with Crippen molar-refractivity contribution in [1.82, 2.24) is 0 Å². The SMILES string of the molecule is C/C=C/CCCCCCCOC[C@@H](O)[C@@H]1OC[C@H](O)[C@@H]1O. The predicted octanol–water partition coefficient (Wildman–Crippen LogP) is 1.40.